The van der Waals surface area contributed by atoms with Gasteiger partial charge < -0.3 is 14.8 Å². The second-order valence-electron chi connectivity index (χ2n) is 5.59. The lowest BCUT2D eigenvalue weighted by atomic mass is 10.1. The van der Waals surface area contributed by atoms with Gasteiger partial charge in [-0.15, -0.1) is 5.10 Å². The number of ether oxygens (including phenoxy) is 2. The fraction of sp³-hybridized carbons (Fsp3) is 0.692. The largest absolute Gasteiger partial charge is 0.467 e. The number of carbonyl (C=O) groups is 2. The first-order chi connectivity index (χ1) is 10.2. The smallest absolute Gasteiger partial charge is 0.408 e. The molecule has 1 aromatic heterocycles. The Balaban J connectivity index is 2.71. The number of halogens is 1. The van der Waals surface area contributed by atoms with Crippen LogP contribution in [0, 0.1) is 0 Å². The van der Waals surface area contributed by atoms with Gasteiger partial charge in [0.25, 0.3) is 0 Å². The lowest BCUT2D eigenvalue weighted by Gasteiger charge is -2.22. The van der Waals surface area contributed by atoms with E-state index in [0.717, 1.165) is 0 Å². The molecule has 1 heterocycles. The van der Waals surface area contributed by atoms with Crippen molar-refractivity contribution in [2.45, 2.75) is 45.4 Å². The Bertz CT molecular complexity index is 512. The summed E-state index contributed by atoms with van der Waals surface area (Å²) in [6.45, 7) is 4.64. The molecule has 0 radical (unpaired) electrons. The van der Waals surface area contributed by atoms with E-state index in [0.29, 0.717) is 5.69 Å². The number of nitrogens with zero attached hydrogens (tertiary/aromatic N) is 3. The quantitative estimate of drug-likeness (QED) is 0.782. The predicted octanol–water partition coefficient (Wildman–Crippen LogP) is 0.856. The van der Waals surface area contributed by atoms with Gasteiger partial charge in [-0.3, -0.25) is 0 Å². The average Bonchev–Trinajstić information content (AvgIpc) is 2.82. The third kappa shape index (κ3) is 6.06. The standard InChI is InChI=1S/C13H21FN4O4/c1-13(2,3)22-12(20)15-10(11(19)21-4)7-9-8-18(6-5-14)17-16-9/h8,10H,5-7H2,1-4H3,(H,15,20)/i14-1. The van der Waals surface area contributed by atoms with E-state index >= 15 is 0 Å². The highest BCUT2D eigenvalue weighted by atomic mass is 18.2. The van der Waals surface area contributed by atoms with E-state index in [9.17, 15) is 14.0 Å². The van der Waals surface area contributed by atoms with Crippen LogP contribution in [0.5, 0.6) is 0 Å². The summed E-state index contributed by atoms with van der Waals surface area (Å²) in [6, 6.07) is -0.963. The van der Waals surface area contributed by atoms with Crippen LogP contribution in [0.3, 0.4) is 0 Å². The van der Waals surface area contributed by atoms with Crippen molar-refractivity contribution in [3.05, 3.63) is 11.9 Å². The topological polar surface area (TPSA) is 95.3 Å². The number of alkyl carbamates (subject to hydrolysis) is 1. The van der Waals surface area contributed by atoms with Crippen molar-refractivity contribution in [2.75, 3.05) is 13.8 Å². The van der Waals surface area contributed by atoms with Crippen LogP contribution in [0.25, 0.3) is 0 Å². The molecule has 0 aromatic carbocycles. The van der Waals surface area contributed by atoms with Crippen LogP contribution in [-0.2, 0) is 27.2 Å². The summed E-state index contributed by atoms with van der Waals surface area (Å²) in [6.07, 6.45) is 0.837. The third-order valence-electron chi connectivity index (χ3n) is 2.49. The molecule has 22 heavy (non-hydrogen) atoms. The lowest BCUT2D eigenvalue weighted by Crippen LogP contribution is -2.45. The SMILES string of the molecule is COC(=O)C(Cc1cn(CC[18F])nn1)NC(=O)OC(C)(C)C. The number of aromatic nitrogens is 3. The van der Waals surface area contributed by atoms with E-state index < -0.39 is 30.4 Å². The van der Waals surface area contributed by atoms with E-state index in [1.807, 2.05) is 0 Å². The molecule has 0 aliphatic carbocycles. The molecule has 0 bridgehead atoms. The molecule has 9 heteroatoms. The molecule has 1 atom stereocenters. The predicted molar refractivity (Wildman–Crippen MR) is 74.9 cm³/mol. The monoisotopic (exact) mass is 315 g/mol. The van der Waals surface area contributed by atoms with Crippen molar-refractivity contribution in [3.63, 3.8) is 0 Å². The molecule has 1 rings (SSSR count). The van der Waals surface area contributed by atoms with E-state index in [-0.39, 0.29) is 13.0 Å². The first kappa shape index (κ1) is 17.9. The van der Waals surface area contributed by atoms with Crippen molar-refractivity contribution in [3.8, 4) is 0 Å². The molecule has 0 aliphatic heterocycles. The zero-order chi connectivity index (χ0) is 16.8. The summed E-state index contributed by atoms with van der Waals surface area (Å²) in [4.78, 5) is 23.5. The Morgan fingerprint density at radius 1 is 1.45 bits per heavy atom. The highest BCUT2D eigenvalue weighted by Crippen LogP contribution is 2.08. The van der Waals surface area contributed by atoms with Gasteiger partial charge in [-0.1, -0.05) is 5.21 Å². The van der Waals surface area contributed by atoms with Gasteiger partial charge in [0.05, 0.1) is 19.3 Å². The second-order valence-corrected chi connectivity index (χ2v) is 5.59. The van der Waals surface area contributed by atoms with Crippen molar-refractivity contribution >= 4 is 12.1 Å². The molecule has 1 N–H and O–H groups in total. The summed E-state index contributed by atoms with van der Waals surface area (Å²) in [5.74, 6) is -0.633. The molecule has 0 spiro atoms. The Morgan fingerprint density at radius 2 is 2.14 bits per heavy atom. The molecule has 124 valence electrons. The minimum atomic E-state index is -0.963. The molecule has 0 aliphatic rings. The van der Waals surface area contributed by atoms with Gasteiger partial charge in [0.1, 0.15) is 18.3 Å². The average molecular weight is 315 g/mol. The number of amides is 1. The van der Waals surface area contributed by atoms with E-state index in [1.54, 1.807) is 20.8 Å². The fourth-order valence-electron chi connectivity index (χ4n) is 1.62. The number of rotatable bonds is 6. The van der Waals surface area contributed by atoms with E-state index in [4.69, 9.17) is 4.74 Å². The molecule has 1 aromatic rings. The highest BCUT2D eigenvalue weighted by Gasteiger charge is 2.26. The van der Waals surface area contributed by atoms with E-state index in [1.165, 1.54) is 18.0 Å². The third-order valence-corrected chi connectivity index (χ3v) is 2.49. The molecule has 1 unspecified atom stereocenters. The van der Waals surface area contributed by atoms with Crippen molar-refractivity contribution in [1.29, 1.82) is 0 Å². The van der Waals surface area contributed by atoms with Crippen molar-refractivity contribution in [1.82, 2.24) is 20.3 Å². The fourth-order valence-corrected chi connectivity index (χ4v) is 1.62. The van der Waals surface area contributed by atoms with Crippen LogP contribution in [0.4, 0.5) is 9.18 Å². The number of aryl methyl sites for hydroxylation is 1. The number of hydrogen-bond acceptors (Lipinski definition) is 6. The van der Waals surface area contributed by atoms with Gasteiger partial charge in [0.15, 0.2) is 0 Å². The van der Waals surface area contributed by atoms with Crippen LogP contribution in [0.1, 0.15) is 26.5 Å². The Hall–Kier alpha value is -2.19. The highest BCUT2D eigenvalue weighted by molar-refractivity contribution is 5.81. The Kier molecular flexibility index (Phi) is 6.26. The molecule has 1 amide bonds. The van der Waals surface area contributed by atoms with Gasteiger partial charge in [0.2, 0.25) is 0 Å². The maximum absolute atomic E-state index is 12.2. The van der Waals surface area contributed by atoms with Crippen LogP contribution < -0.4 is 5.32 Å². The number of carbonyl (C=O) groups excluding carboxylic acids is 2. The zero-order valence-corrected chi connectivity index (χ0v) is 13.1. The normalized spacial score (nSPS) is 12.6. The second kappa shape index (κ2) is 7.71. The number of esters is 1. The molecule has 0 saturated heterocycles. The van der Waals surface area contributed by atoms with Gasteiger partial charge in [-0.25, -0.2) is 18.7 Å². The molecular formula is C13H21FN4O4. The first-order valence-electron chi connectivity index (χ1n) is 6.77. The number of alkyl halides is 1. The Labute approximate surface area is 128 Å². The Morgan fingerprint density at radius 3 is 2.68 bits per heavy atom. The van der Waals surface area contributed by atoms with E-state index in [2.05, 4.69) is 20.4 Å². The summed E-state index contributed by atoms with van der Waals surface area (Å²) in [7, 11) is 1.21. The molecule has 0 saturated carbocycles. The zero-order valence-electron chi connectivity index (χ0n) is 13.1. The van der Waals surface area contributed by atoms with Gasteiger partial charge in [-0.05, 0) is 20.8 Å². The van der Waals surface area contributed by atoms with Crippen LogP contribution in [0.2, 0.25) is 0 Å². The van der Waals surface area contributed by atoms with Gasteiger partial charge in [0, 0.05) is 12.6 Å². The first-order valence-corrected chi connectivity index (χ1v) is 6.77. The summed E-state index contributed by atoms with van der Waals surface area (Å²) in [5.41, 5.74) is -0.255. The van der Waals surface area contributed by atoms with Gasteiger partial charge in [-0.2, -0.15) is 0 Å². The molecular weight excluding hydrogens is 294 g/mol. The molecule has 0 fully saturated rings. The number of methoxy groups -OCH3 is 1. The van der Waals surface area contributed by atoms with Crippen LogP contribution >= 0.6 is 0 Å². The summed E-state index contributed by atoms with van der Waals surface area (Å²) in [5, 5.41) is 9.96. The maximum Gasteiger partial charge on any atom is 0.408 e. The number of hydrogen-bond donors (Lipinski definition) is 1. The lowest BCUT2D eigenvalue weighted by molar-refractivity contribution is -0.143. The van der Waals surface area contributed by atoms with Crippen LogP contribution in [0.15, 0.2) is 6.20 Å². The van der Waals surface area contributed by atoms with Crippen molar-refractivity contribution in [2.24, 2.45) is 0 Å². The maximum atomic E-state index is 12.2. The van der Waals surface area contributed by atoms with Gasteiger partial charge >= 0.3 is 12.1 Å². The minimum Gasteiger partial charge on any atom is -0.467 e. The summed E-state index contributed by atoms with van der Waals surface area (Å²) >= 11 is 0. The minimum absolute atomic E-state index is 0.0677. The van der Waals surface area contributed by atoms with Crippen LogP contribution in [-0.4, -0.2) is 52.5 Å². The van der Waals surface area contributed by atoms with Crippen molar-refractivity contribution < 1.29 is 23.5 Å². The number of nitrogens with one attached hydrogen (secondary N) is 1. The molecule has 8 nitrogen and oxygen atoms in total. The summed E-state index contributed by atoms with van der Waals surface area (Å²) < 4.78 is 23.3.